The second-order valence-electron chi connectivity index (χ2n) is 7.40. The maximum absolute atomic E-state index is 11.2. The predicted octanol–water partition coefficient (Wildman–Crippen LogP) is 5.27. The molecule has 0 spiro atoms. The van der Waals surface area contributed by atoms with E-state index in [4.69, 9.17) is 17.0 Å². The Hall–Kier alpha value is -1.85. The minimum absolute atomic E-state index is 0.138. The Kier molecular flexibility index (Phi) is 6.14. The number of rotatable bonds is 4. The van der Waals surface area contributed by atoms with Gasteiger partial charge in [0.05, 0.1) is 0 Å². The van der Waals surface area contributed by atoms with Gasteiger partial charge in [-0.15, -0.1) is 12.6 Å². The van der Waals surface area contributed by atoms with Crippen molar-refractivity contribution in [3.8, 4) is 5.75 Å². The van der Waals surface area contributed by atoms with Gasteiger partial charge in [0.2, 0.25) is 5.12 Å². The van der Waals surface area contributed by atoms with Gasteiger partial charge in [0, 0.05) is 11.1 Å². The number of benzene rings is 2. The molecule has 1 N–H and O–H groups in total. The number of hydrogen-bond acceptors (Lipinski definition) is 4. The number of phenols is 1. The van der Waals surface area contributed by atoms with Crippen molar-refractivity contribution in [2.45, 2.75) is 46.6 Å². The summed E-state index contributed by atoms with van der Waals surface area (Å²) in [7, 11) is 0. The van der Waals surface area contributed by atoms with Crippen LogP contribution in [0.3, 0.4) is 0 Å². The molecule has 0 unspecified atom stereocenters. The lowest BCUT2D eigenvalue weighted by Crippen LogP contribution is -2.14. The molecule has 0 aliphatic carbocycles. The van der Waals surface area contributed by atoms with Crippen molar-refractivity contribution in [1.82, 2.24) is 0 Å². The van der Waals surface area contributed by atoms with Gasteiger partial charge in [-0.2, -0.15) is 0 Å². The third kappa shape index (κ3) is 4.46. The minimum Gasteiger partial charge on any atom is -0.507 e. The number of thiol groups is 1. The Bertz CT molecular complexity index is 847. The normalized spacial score (nSPS) is 11.3. The van der Waals surface area contributed by atoms with E-state index in [2.05, 4.69) is 33.4 Å². The van der Waals surface area contributed by atoms with Crippen LogP contribution in [0.1, 0.15) is 58.9 Å². The lowest BCUT2D eigenvalue weighted by molar-refractivity contribution is 0.109. The van der Waals surface area contributed by atoms with Crippen LogP contribution in [0.5, 0.6) is 5.75 Å². The standard InChI is InChI=1S/C21H24O3S2/c1-12-10-17(21(3,4)5)18(22)13(2)16(12)11-24-20(26)15-8-6-14(7-9-15)19(23)25/h6-10,22H,11H2,1-5H3,(H,23,25). The van der Waals surface area contributed by atoms with Crippen molar-refractivity contribution in [2.75, 3.05) is 0 Å². The van der Waals surface area contributed by atoms with E-state index in [1.807, 2.05) is 19.9 Å². The summed E-state index contributed by atoms with van der Waals surface area (Å²) < 4.78 is 5.77. The number of phenolic OH excluding ortho intramolecular Hbond substituents is 1. The minimum atomic E-state index is -0.288. The van der Waals surface area contributed by atoms with E-state index in [0.717, 1.165) is 27.8 Å². The molecule has 0 amide bonds. The molecule has 0 bridgehead atoms. The smallest absolute Gasteiger partial charge is 0.216 e. The highest BCUT2D eigenvalue weighted by molar-refractivity contribution is 7.97. The van der Waals surface area contributed by atoms with Gasteiger partial charge in [-0.05, 0) is 78.0 Å². The quantitative estimate of drug-likeness (QED) is 0.553. The molecule has 5 heteroatoms. The van der Waals surface area contributed by atoms with E-state index < -0.39 is 0 Å². The van der Waals surface area contributed by atoms with Gasteiger partial charge in [-0.25, -0.2) is 0 Å². The molecule has 3 nitrogen and oxygen atoms in total. The van der Waals surface area contributed by atoms with Crippen LogP contribution in [0.4, 0.5) is 0 Å². The molecule has 2 aromatic rings. The zero-order valence-electron chi connectivity index (χ0n) is 15.7. The Morgan fingerprint density at radius 2 is 1.69 bits per heavy atom. The van der Waals surface area contributed by atoms with Gasteiger partial charge in [-0.3, -0.25) is 4.79 Å². The summed E-state index contributed by atoms with van der Waals surface area (Å²) in [5.74, 6) is 0.310. The number of thiocarbonyl (C=S) groups is 1. The molecule has 138 valence electrons. The van der Waals surface area contributed by atoms with Crippen LogP contribution >= 0.6 is 24.8 Å². The number of carbonyl (C=O) groups is 1. The first-order chi connectivity index (χ1) is 12.0. The molecule has 2 aromatic carbocycles. The van der Waals surface area contributed by atoms with E-state index >= 15 is 0 Å². The molecule has 0 saturated heterocycles. The van der Waals surface area contributed by atoms with Crippen molar-refractivity contribution >= 4 is 35.0 Å². The van der Waals surface area contributed by atoms with Crippen molar-refractivity contribution < 1.29 is 14.6 Å². The van der Waals surface area contributed by atoms with E-state index in [-0.39, 0.29) is 17.1 Å². The lowest BCUT2D eigenvalue weighted by Gasteiger charge is -2.24. The fraction of sp³-hybridized carbons (Fsp3) is 0.333. The first-order valence-electron chi connectivity index (χ1n) is 8.35. The second kappa shape index (κ2) is 7.80. The van der Waals surface area contributed by atoms with Crippen molar-refractivity contribution in [2.24, 2.45) is 0 Å². The molecule has 0 saturated carbocycles. The van der Waals surface area contributed by atoms with Gasteiger partial charge in [-0.1, -0.05) is 26.8 Å². The molecule has 0 radical (unpaired) electrons. The maximum Gasteiger partial charge on any atom is 0.216 e. The number of hydrogen-bond donors (Lipinski definition) is 2. The topological polar surface area (TPSA) is 46.5 Å². The van der Waals surface area contributed by atoms with Crippen molar-refractivity contribution in [1.29, 1.82) is 0 Å². The third-order valence-electron chi connectivity index (χ3n) is 4.42. The molecule has 0 aliphatic rings. The van der Waals surface area contributed by atoms with Crippen LogP contribution in [0.15, 0.2) is 30.3 Å². The first-order valence-corrected chi connectivity index (χ1v) is 9.21. The van der Waals surface area contributed by atoms with Crippen LogP contribution in [0.25, 0.3) is 0 Å². The first kappa shape index (κ1) is 20.5. The van der Waals surface area contributed by atoms with Crippen molar-refractivity contribution in [3.63, 3.8) is 0 Å². The Balaban J connectivity index is 2.20. The lowest BCUT2D eigenvalue weighted by atomic mass is 9.83. The summed E-state index contributed by atoms with van der Waals surface area (Å²) in [5, 5.41) is 10.6. The molecular weight excluding hydrogens is 364 g/mol. The molecule has 0 aliphatic heterocycles. The van der Waals surface area contributed by atoms with Crippen LogP contribution in [0.2, 0.25) is 0 Å². The molecule has 0 atom stereocenters. The highest BCUT2D eigenvalue weighted by atomic mass is 32.1. The number of aromatic hydroxyl groups is 1. The van der Waals surface area contributed by atoms with E-state index in [1.165, 1.54) is 0 Å². The highest BCUT2D eigenvalue weighted by Gasteiger charge is 2.22. The van der Waals surface area contributed by atoms with Gasteiger partial charge in [0.1, 0.15) is 12.4 Å². The molecule has 0 heterocycles. The Morgan fingerprint density at radius 1 is 1.15 bits per heavy atom. The zero-order chi connectivity index (χ0) is 19.6. The van der Waals surface area contributed by atoms with E-state index in [1.54, 1.807) is 24.3 Å². The molecule has 0 fully saturated rings. The average Bonchev–Trinajstić information content (AvgIpc) is 2.56. The zero-order valence-corrected chi connectivity index (χ0v) is 17.4. The fourth-order valence-corrected chi connectivity index (χ4v) is 3.12. The molecular formula is C21H24O3S2. The third-order valence-corrected chi connectivity index (χ3v) is 5.03. The molecule has 0 aromatic heterocycles. The Morgan fingerprint density at radius 3 is 2.19 bits per heavy atom. The summed E-state index contributed by atoms with van der Waals surface area (Å²) in [4.78, 5) is 11.2. The fourth-order valence-electron chi connectivity index (χ4n) is 2.78. The summed E-state index contributed by atoms with van der Waals surface area (Å²) in [6.07, 6.45) is 0. The van der Waals surface area contributed by atoms with Gasteiger partial charge >= 0.3 is 0 Å². The van der Waals surface area contributed by atoms with E-state index in [0.29, 0.717) is 16.4 Å². The second-order valence-corrected chi connectivity index (χ2v) is 8.18. The van der Waals surface area contributed by atoms with Gasteiger partial charge < -0.3 is 9.84 Å². The van der Waals surface area contributed by atoms with Crippen LogP contribution in [-0.4, -0.2) is 15.3 Å². The summed E-state index contributed by atoms with van der Waals surface area (Å²) >= 11 is 9.14. The van der Waals surface area contributed by atoms with E-state index in [9.17, 15) is 9.90 Å². The van der Waals surface area contributed by atoms with Crippen LogP contribution < -0.4 is 0 Å². The molecule has 26 heavy (non-hydrogen) atoms. The summed E-state index contributed by atoms with van der Waals surface area (Å²) in [6.45, 7) is 10.4. The number of carbonyl (C=O) groups excluding carboxylic acids is 1. The summed E-state index contributed by atoms with van der Waals surface area (Å²) in [6, 6.07) is 8.83. The van der Waals surface area contributed by atoms with Gasteiger partial charge in [0.25, 0.3) is 0 Å². The highest BCUT2D eigenvalue weighted by Crippen LogP contribution is 2.36. The maximum atomic E-state index is 11.2. The SMILES string of the molecule is Cc1cc(C(C)(C)C)c(O)c(C)c1COC(=S)c1ccc(C(=O)S)cc1. The van der Waals surface area contributed by atoms with Crippen molar-refractivity contribution in [3.05, 3.63) is 63.7 Å². The monoisotopic (exact) mass is 388 g/mol. The van der Waals surface area contributed by atoms with Crippen LogP contribution in [-0.2, 0) is 16.8 Å². The predicted molar refractivity (Wildman–Crippen MR) is 113 cm³/mol. The average molecular weight is 389 g/mol. The van der Waals surface area contributed by atoms with Gasteiger partial charge in [0.15, 0.2) is 5.05 Å². The molecule has 2 rings (SSSR count). The summed E-state index contributed by atoms with van der Waals surface area (Å²) in [5.41, 5.74) is 4.82. The number of ether oxygens (including phenoxy) is 1. The van der Waals surface area contributed by atoms with Crippen LogP contribution in [0, 0.1) is 13.8 Å². The Labute approximate surface area is 165 Å². The number of aryl methyl sites for hydroxylation is 1. The largest absolute Gasteiger partial charge is 0.507 e.